The largest absolute Gasteiger partial charge is 0.458 e. The van der Waals surface area contributed by atoms with Gasteiger partial charge in [0.05, 0.1) is 24.0 Å². The van der Waals surface area contributed by atoms with Gasteiger partial charge in [0, 0.05) is 97.5 Å². The molecule has 0 unspecified atom stereocenters. The summed E-state index contributed by atoms with van der Waals surface area (Å²) in [6.45, 7) is 20.7. The predicted octanol–water partition coefficient (Wildman–Crippen LogP) is 7.19. The fraction of sp³-hybridized carbons (Fsp3) is 0.525. The van der Waals surface area contributed by atoms with Crippen molar-refractivity contribution in [1.82, 2.24) is 44.7 Å². The number of pyridine rings is 2. The zero-order valence-electron chi connectivity index (χ0n) is 50.7. The molecule has 6 heterocycles. The summed E-state index contributed by atoms with van der Waals surface area (Å²) in [5.74, 6) is -1.07. The molecule has 4 aliphatic rings. The maximum Gasteiger partial charge on any atom is 0.329 e. The van der Waals surface area contributed by atoms with Gasteiger partial charge in [-0.1, -0.05) is 45.0 Å². The SMILES string of the molecule is CC(C)(C)CC(=O)[C@H](Cc1ccc(NC(=O)N2CCN(C(=O)C3CCN(C(=O)Nc4ccc(C[C@H](NC(=O)[C@H]5N(Oc6cccnc6)CSC5(C)C)C(=O)OC(C)(C)C)cc4)CC3)CC2)cc1)NC(=O)[C@H]1N(S(=O)(=O)c2cccnc2)CSC1(C)C. The summed E-state index contributed by atoms with van der Waals surface area (Å²) in [4.78, 5) is 116. The summed E-state index contributed by atoms with van der Waals surface area (Å²) in [7, 11) is -4.09. The molecule has 0 radical (unpaired) electrons. The monoisotopic (exact) mass is 1240 g/mol. The number of carbonyl (C=O) groups excluding carboxylic acids is 7. The van der Waals surface area contributed by atoms with E-state index in [0.717, 1.165) is 11.1 Å². The number of sulfonamides is 1. The first-order valence-corrected chi connectivity index (χ1v) is 32.4. The second-order valence-corrected chi connectivity index (χ2v) is 30.5. The van der Waals surface area contributed by atoms with Crippen molar-refractivity contribution in [3.63, 3.8) is 0 Å². The first kappa shape index (κ1) is 65.2. The number of urea groups is 2. The maximum atomic E-state index is 14.2. The average Bonchev–Trinajstić information content (AvgIpc) is 1.67. The van der Waals surface area contributed by atoms with Crippen molar-refractivity contribution < 1.29 is 51.6 Å². The van der Waals surface area contributed by atoms with E-state index in [1.165, 1.54) is 40.6 Å². The molecule has 0 saturated carbocycles. The Morgan fingerprint density at radius 1 is 0.640 bits per heavy atom. The van der Waals surface area contributed by atoms with Crippen LogP contribution in [-0.4, -0.2) is 174 Å². The zero-order chi connectivity index (χ0) is 62.4. The number of hydroxylamine groups is 2. The van der Waals surface area contributed by atoms with Crippen molar-refractivity contribution in [2.45, 2.75) is 145 Å². The topological polar surface area (TPSA) is 262 Å². The number of piperazine rings is 1. The molecule has 4 saturated heterocycles. The lowest BCUT2D eigenvalue weighted by atomic mass is 9.86. The number of thioether (sulfide) groups is 2. The van der Waals surface area contributed by atoms with Gasteiger partial charge in [-0.2, -0.15) is 4.31 Å². The van der Waals surface area contributed by atoms with Crippen LogP contribution in [0.25, 0.3) is 0 Å². The van der Waals surface area contributed by atoms with Crippen LogP contribution in [0.3, 0.4) is 0 Å². The van der Waals surface area contributed by atoms with E-state index in [-0.39, 0.29) is 71.0 Å². The van der Waals surface area contributed by atoms with Crippen LogP contribution >= 0.6 is 23.5 Å². The summed E-state index contributed by atoms with van der Waals surface area (Å²) in [6.07, 6.45) is 7.32. The number of Topliss-reactive ketones (excluding diaryl/α,β-unsaturated/α-hetero) is 1. The normalized spacial score (nSPS) is 20.1. The van der Waals surface area contributed by atoms with Crippen LogP contribution in [0.5, 0.6) is 5.75 Å². The lowest BCUT2D eigenvalue weighted by Crippen LogP contribution is -2.56. The number of carbonyl (C=O) groups is 7. The van der Waals surface area contributed by atoms with Gasteiger partial charge in [0.2, 0.25) is 27.7 Å². The number of hydrogen-bond donors (Lipinski definition) is 4. The van der Waals surface area contributed by atoms with Crippen molar-refractivity contribution in [3.05, 3.63) is 109 Å². The third-order valence-corrected chi connectivity index (χ3v) is 20.0. The highest BCUT2D eigenvalue weighted by Gasteiger charge is 2.52. The summed E-state index contributed by atoms with van der Waals surface area (Å²) >= 11 is 2.90. The zero-order valence-corrected chi connectivity index (χ0v) is 53.1. The molecule has 22 nitrogen and oxygen atoms in total. The molecule has 4 atom stereocenters. The summed E-state index contributed by atoms with van der Waals surface area (Å²) in [6, 6.07) is 16.1. The van der Waals surface area contributed by atoms with E-state index in [9.17, 15) is 42.0 Å². The molecule has 464 valence electrons. The van der Waals surface area contributed by atoms with E-state index in [0.29, 0.717) is 75.1 Å². The number of ketones is 1. The number of ether oxygens (including phenoxy) is 1. The molecular weight excluding hydrogens is 1160 g/mol. The average molecular weight is 1240 g/mol. The Kier molecular flexibility index (Phi) is 20.5. The van der Waals surface area contributed by atoms with Crippen LogP contribution in [0.1, 0.15) is 99.6 Å². The molecule has 0 spiro atoms. The number of esters is 1. The second kappa shape index (κ2) is 27.1. The molecule has 8 rings (SSSR count). The molecule has 86 heavy (non-hydrogen) atoms. The minimum Gasteiger partial charge on any atom is -0.458 e. The lowest BCUT2D eigenvalue weighted by Gasteiger charge is -2.38. The van der Waals surface area contributed by atoms with Gasteiger partial charge in [0.1, 0.15) is 28.6 Å². The minimum atomic E-state index is -4.09. The third kappa shape index (κ3) is 16.8. The van der Waals surface area contributed by atoms with Gasteiger partial charge < -0.3 is 45.5 Å². The van der Waals surface area contributed by atoms with Crippen LogP contribution in [0, 0.1) is 11.3 Å². The lowest BCUT2D eigenvalue weighted by molar-refractivity contribution is -0.160. The summed E-state index contributed by atoms with van der Waals surface area (Å²) in [5.41, 5.74) is 1.31. The van der Waals surface area contributed by atoms with E-state index in [1.807, 2.05) is 48.5 Å². The van der Waals surface area contributed by atoms with E-state index < -0.39 is 61.2 Å². The number of piperidine rings is 1. The van der Waals surface area contributed by atoms with Crippen LogP contribution in [0.15, 0.2) is 102 Å². The molecule has 4 N–H and O–H groups in total. The second-order valence-electron chi connectivity index (χ2n) is 25.4. The predicted molar refractivity (Wildman–Crippen MR) is 330 cm³/mol. The van der Waals surface area contributed by atoms with Gasteiger partial charge in [-0.3, -0.25) is 29.1 Å². The molecule has 4 aliphatic heterocycles. The van der Waals surface area contributed by atoms with Gasteiger partial charge in [-0.25, -0.2) is 22.8 Å². The Bertz CT molecular complexity index is 3180. The Morgan fingerprint density at radius 3 is 1.67 bits per heavy atom. The molecule has 0 bridgehead atoms. The fourth-order valence-corrected chi connectivity index (χ4v) is 15.0. The molecular formula is C61H81N11O11S3. The maximum absolute atomic E-state index is 14.2. The molecule has 4 aromatic rings. The van der Waals surface area contributed by atoms with Gasteiger partial charge in [0.25, 0.3) is 0 Å². The van der Waals surface area contributed by atoms with Gasteiger partial charge in [-0.15, -0.1) is 28.6 Å². The highest BCUT2D eigenvalue weighted by molar-refractivity contribution is 8.02. The Labute approximate surface area is 513 Å². The van der Waals surface area contributed by atoms with Gasteiger partial charge >= 0.3 is 18.0 Å². The number of amides is 7. The number of anilines is 2. The van der Waals surface area contributed by atoms with Crippen LogP contribution in [0.4, 0.5) is 21.0 Å². The van der Waals surface area contributed by atoms with E-state index in [1.54, 1.807) is 125 Å². The molecule has 4 fully saturated rings. The highest BCUT2D eigenvalue weighted by atomic mass is 32.2. The molecule has 7 amide bonds. The van der Waals surface area contributed by atoms with Crippen molar-refractivity contribution in [2.75, 3.05) is 61.7 Å². The number of hydrogen-bond acceptors (Lipinski definition) is 16. The number of likely N-dealkylation sites (tertiary alicyclic amines) is 1. The van der Waals surface area contributed by atoms with Crippen molar-refractivity contribution in [1.29, 1.82) is 0 Å². The number of benzene rings is 2. The molecule has 2 aromatic carbocycles. The minimum absolute atomic E-state index is 0.00757. The third-order valence-electron chi connectivity index (χ3n) is 15.3. The first-order chi connectivity index (χ1) is 40.5. The number of rotatable bonds is 18. The number of nitrogens with zero attached hydrogens (tertiary/aromatic N) is 7. The van der Waals surface area contributed by atoms with Crippen molar-refractivity contribution >= 4 is 86.5 Å². The summed E-state index contributed by atoms with van der Waals surface area (Å²) in [5, 5.41) is 13.4. The smallest absolute Gasteiger partial charge is 0.329 e. The van der Waals surface area contributed by atoms with Gasteiger partial charge in [0.15, 0.2) is 11.5 Å². The number of nitrogens with one attached hydrogen (secondary N) is 4. The van der Waals surface area contributed by atoms with Gasteiger partial charge in [-0.05, 0) is 133 Å². The van der Waals surface area contributed by atoms with E-state index >= 15 is 0 Å². The number of aromatic nitrogens is 2. The standard InChI is InChI=1S/C61H81N11O11S3/c1-58(2,3)35-49(73)47(66-53(75)51-61(9,10)85-39-72(51)86(80,81)46-14-12-26-63-37-46)33-40-15-19-44(20-16-40)65-57(79)70-31-29-68(30-32-70)54(76)42-23-27-69(28-24-42)56(78)64-43-21-17-41(18-22-43)34-48(55(77)82-59(4,5)6)67-52(74)50-60(7,8)84-38-71(50)83-45-13-11-25-62-36-45/h11-22,25-26,36-37,42,47-48,50-51H,23-24,27-35,38-39H2,1-10H3,(H,64,78)(H,65,79)(H,66,75)(H,67,74)/t47-,48-,50+,51+/m0/s1. The molecule has 2 aromatic heterocycles. The van der Waals surface area contributed by atoms with E-state index in [4.69, 9.17) is 9.57 Å². The van der Waals surface area contributed by atoms with Crippen molar-refractivity contribution in [3.8, 4) is 5.75 Å². The van der Waals surface area contributed by atoms with Crippen LogP contribution < -0.4 is 26.1 Å². The summed E-state index contributed by atoms with van der Waals surface area (Å²) < 4.78 is 33.1. The Hall–Kier alpha value is -6.80. The van der Waals surface area contributed by atoms with Crippen LogP contribution in [0.2, 0.25) is 0 Å². The molecule has 0 aliphatic carbocycles. The molecule has 25 heteroatoms. The quantitative estimate of drug-likeness (QED) is 0.0719. The van der Waals surface area contributed by atoms with Crippen molar-refractivity contribution in [2.24, 2.45) is 11.3 Å². The van der Waals surface area contributed by atoms with E-state index in [2.05, 4.69) is 31.2 Å². The Morgan fingerprint density at radius 2 is 1.14 bits per heavy atom. The fourth-order valence-electron chi connectivity index (χ4n) is 10.8. The highest BCUT2D eigenvalue weighted by Crippen LogP contribution is 2.43. The Balaban J connectivity index is 0.788. The first-order valence-electron chi connectivity index (χ1n) is 29.0. The van der Waals surface area contributed by atoms with Crippen LogP contribution in [-0.2, 0) is 51.6 Å².